The maximum Gasteiger partial charge on any atom is 0.405 e. The number of halogens is 4. The number of alkyl halides is 3. The molecule has 1 spiro atoms. The number of rotatable bonds is 11. The van der Waals surface area contributed by atoms with E-state index in [1.807, 2.05) is 0 Å². The molecule has 1 unspecified atom stereocenters. The smallest absolute Gasteiger partial charge is 0.405 e. The molecule has 9 rings (SSSR count). The molecule has 3 atom stereocenters. The number of anilines is 1. The number of ether oxygens (including phenoxy) is 2. The number of nitrogens with zero attached hydrogens (tertiary/aromatic N) is 5. The number of piperidine rings is 1. The quantitative estimate of drug-likeness (QED) is 0.325. The number of benzene rings is 1. The highest BCUT2D eigenvalue weighted by Crippen LogP contribution is 2.52. The van der Waals surface area contributed by atoms with Crippen LogP contribution in [0.2, 0.25) is 0 Å². The third-order valence-corrected chi connectivity index (χ3v) is 13.2. The van der Waals surface area contributed by atoms with E-state index < -0.39 is 60.0 Å². The maximum absolute atomic E-state index is 16.3. The van der Waals surface area contributed by atoms with Gasteiger partial charge in [-0.15, -0.1) is 0 Å². The van der Waals surface area contributed by atoms with Crippen LogP contribution in [0.4, 0.5) is 23.2 Å². The molecule has 298 valence electrons. The van der Waals surface area contributed by atoms with Gasteiger partial charge in [0.25, 0.3) is 5.91 Å². The van der Waals surface area contributed by atoms with Crippen LogP contribution in [0, 0.1) is 29.5 Å². The van der Waals surface area contributed by atoms with Crippen LogP contribution >= 0.6 is 0 Å². The molecule has 1 aromatic heterocycles. The fourth-order valence-corrected chi connectivity index (χ4v) is 9.53. The van der Waals surface area contributed by atoms with Gasteiger partial charge in [0.05, 0.1) is 37.5 Å². The first-order valence-corrected chi connectivity index (χ1v) is 19.9. The molecule has 5 heterocycles. The van der Waals surface area contributed by atoms with Crippen molar-refractivity contribution in [2.45, 2.75) is 93.7 Å². The molecule has 3 amide bonds. The van der Waals surface area contributed by atoms with Crippen molar-refractivity contribution in [2.75, 3.05) is 51.3 Å². The number of likely N-dealkylation sites (tertiary alicyclic amines) is 1. The second-order valence-electron chi connectivity index (χ2n) is 17.1. The Labute approximate surface area is 317 Å². The number of fused-ring (bicyclic) bond motifs is 1. The highest BCUT2D eigenvalue weighted by atomic mass is 19.4. The Bertz CT molecular complexity index is 1800. The first kappa shape index (κ1) is 36.9. The van der Waals surface area contributed by atoms with Crippen molar-refractivity contribution >= 4 is 23.4 Å². The Morgan fingerprint density at radius 2 is 1.76 bits per heavy atom. The first-order valence-electron chi connectivity index (χ1n) is 19.9. The highest BCUT2D eigenvalue weighted by Gasteiger charge is 2.54. The summed E-state index contributed by atoms with van der Waals surface area (Å²) in [5.74, 6) is -1.39. The molecule has 2 N–H and O–H groups in total. The van der Waals surface area contributed by atoms with Crippen LogP contribution < -0.4 is 15.4 Å². The lowest BCUT2D eigenvalue weighted by Gasteiger charge is -2.52. The molecule has 6 fully saturated rings. The molecular weight excluding hydrogens is 722 g/mol. The molecule has 0 bridgehead atoms. The van der Waals surface area contributed by atoms with Crippen molar-refractivity contribution in [1.29, 1.82) is 0 Å². The number of hydrogen-bond acceptors (Lipinski definition) is 8. The standard InChI is InChI=1S/C39H49F4N7O5/c1-47-29(8-11-44-47)36(52)46-35(34(23-4-5-23)24-6-7-24)37(53)45-28-15-31-26(14-27(28)40)30(16-38(55-31)9-12-48(13-10-38)25-20-54-21-25)50-18-32(39(41,42)43)49(19-33(50)51)17-22-2-3-22/h8,11,14-15,22-25,30,32,34-35H,2-7,9-10,12-13,16-21H2,1H3,(H,45,53)(H,46,52)/t30?,32-,35-/m0/s1. The van der Waals surface area contributed by atoms with E-state index in [0.29, 0.717) is 50.9 Å². The fraction of sp³-hybridized carbons (Fsp3) is 0.692. The van der Waals surface area contributed by atoms with E-state index in [2.05, 4.69) is 20.6 Å². The Balaban J connectivity index is 1.02. The molecule has 3 aliphatic carbocycles. The minimum absolute atomic E-state index is 0.112. The monoisotopic (exact) mass is 771 g/mol. The summed E-state index contributed by atoms with van der Waals surface area (Å²) < 4.78 is 73.8. The van der Waals surface area contributed by atoms with Gasteiger partial charge in [0.15, 0.2) is 0 Å². The van der Waals surface area contributed by atoms with E-state index in [4.69, 9.17) is 9.47 Å². The zero-order valence-electron chi connectivity index (χ0n) is 31.0. The number of nitrogens with one attached hydrogen (secondary N) is 2. The van der Waals surface area contributed by atoms with Gasteiger partial charge in [-0.2, -0.15) is 18.3 Å². The van der Waals surface area contributed by atoms with E-state index in [9.17, 15) is 27.6 Å². The Morgan fingerprint density at radius 3 is 2.35 bits per heavy atom. The van der Waals surface area contributed by atoms with Crippen LogP contribution in [-0.2, 0) is 21.4 Å². The number of piperazine rings is 1. The van der Waals surface area contributed by atoms with Crippen LogP contribution in [0.5, 0.6) is 5.75 Å². The number of hydrogen-bond donors (Lipinski definition) is 2. The van der Waals surface area contributed by atoms with Gasteiger partial charge in [0.2, 0.25) is 11.8 Å². The van der Waals surface area contributed by atoms with Crippen LogP contribution in [0.1, 0.15) is 79.9 Å². The number of carbonyl (C=O) groups excluding carboxylic acids is 3. The molecule has 1 aromatic carbocycles. The van der Waals surface area contributed by atoms with Gasteiger partial charge in [-0.05, 0) is 87.2 Å². The molecule has 16 heteroatoms. The molecule has 2 aromatic rings. The number of amides is 3. The van der Waals surface area contributed by atoms with Crippen LogP contribution in [-0.4, -0.2) is 118 Å². The SMILES string of the molecule is Cn1nccc1C(=O)N[C@H](C(=O)Nc1cc2c(cc1F)C(N1C[C@@H](C(F)(F)F)N(CC3CC3)CC1=O)CC1(CCN(C3COC3)CC1)O2)C(C1CC1)C1CC1. The summed E-state index contributed by atoms with van der Waals surface area (Å²) in [5.41, 5.74) is -0.391. The molecular formula is C39H49F4N7O5. The van der Waals surface area contributed by atoms with Gasteiger partial charge in [0, 0.05) is 57.5 Å². The minimum atomic E-state index is -4.56. The van der Waals surface area contributed by atoms with Gasteiger partial charge in [-0.1, -0.05) is 0 Å². The van der Waals surface area contributed by atoms with Gasteiger partial charge in [-0.25, -0.2) is 4.39 Å². The summed E-state index contributed by atoms with van der Waals surface area (Å²) in [5, 5.41) is 9.80. The number of aryl methyl sites for hydroxylation is 1. The van der Waals surface area contributed by atoms with E-state index in [1.165, 1.54) is 32.8 Å². The van der Waals surface area contributed by atoms with Crippen molar-refractivity contribution in [2.24, 2.45) is 30.7 Å². The third-order valence-electron chi connectivity index (χ3n) is 13.2. The topological polar surface area (TPSA) is 121 Å². The van der Waals surface area contributed by atoms with Gasteiger partial charge in [-0.3, -0.25) is 28.9 Å². The molecule has 3 saturated carbocycles. The fourth-order valence-electron chi connectivity index (χ4n) is 9.53. The van der Waals surface area contributed by atoms with E-state index >= 15 is 4.39 Å². The minimum Gasteiger partial charge on any atom is -0.487 e. The molecule has 3 saturated heterocycles. The summed E-state index contributed by atoms with van der Waals surface area (Å²) >= 11 is 0. The number of aromatic nitrogens is 2. The molecule has 55 heavy (non-hydrogen) atoms. The molecule has 0 radical (unpaired) electrons. The zero-order chi connectivity index (χ0) is 38.2. The summed E-state index contributed by atoms with van der Waals surface area (Å²) in [4.78, 5) is 46.4. The van der Waals surface area contributed by atoms with Crippen LogP contribution in [0.3, 0.4) is 0 Å². The highest BCUT2D eigenvalue weighted by molar-refractivity contribution is 6.01. The maximum atomic E-state index is 16.3. The largest absolute Gasteiger partial charge is 0.487 e. The van der Waals surface area contributed by atoms with E-state index in [-0.39, 0.29) is 60.2 Å². The summed E-state index contributed by atoms with van der Waals surface area (Å²) in [6, 6.07) is 0.873. The van der Waals surface area contributed by atoms with Crippen molar-refractivity contribution in [3.63, 3.8) is 0 Å². The van der Waals surface area contributed by atoms with E-state index in [1.54, 1.807) is 13.1 Å². The summed E-state index contributed by atoms with van der Waals surface area (Å²) in [7, 11) is 1.64. The second kappa shape index (κ2) is 14.0. The second-order valence-corrected chi connectivity index (χ2v) is 17.1. The Hall–Kier alpha value is -3.76. The Kier molecular flexibility index (Phi) is 9.39. The average Bonchev–Trinajstić information content (AvgIpc) is 3.98. The van der Waals surface area contributed by atoms with Crippen molar-refractivity contribution < 1.29 is 41.4 Å². The predicted molar refractivity (Wildman–Crippen MR) is 190 cm³/mol. The third kappa shape index (κ3) is 7.45. The van der Waals surface area contributed by atoms with Crippen molar-refractivity contribution in [3.8, 4) is 5.75 Å². The Morgan fingerprint density at radius 1 is 1.05 bits per heavy atom. The van der Waals surface area contributed by atoms with Gasteiger partial charge >= 0.3 is 6.18 Å². The van der Waals surface area contributed by atoms with Crippen LogP contribution in [0.25, 0.3) is 0 Å². The zero-order valence-corrected chi connectivity index (χ0v) is 31.0. The van der Waals surface area contributed by atoms with Gasteiger partial charge < -0.3 is 25.0 Å². The van der Waals surface area contributed by atoms with Crippen molar-refractivity contribution in [3.05, 3.63) is 41.5 Å². The number of carbonyl (C=O) groups is 3. The molecule has 4 aliphatic heterocycles. The van der Waals surface area contributed by atoms with Crippen LogP contribution in [0.15, 0.2) is 24.4 Å². The predicted octanol–water partition coefficient (Wildman–Crippen LogP) is 4.27. The molecule has 12 nitrogen and oxygen atoms in total. The van der Waals surface area contributed by atoms with Gasteiger partial charge in [0.1, 0.15) is 34.9 Å². The lowest BCUT2D eigenvalue weighted by atomic mass is 9.79. The lowest BCUT2D eigenvalue weighted by molar-refractivity contribution is -0.203. The van der Waals surface area contributed by atoms with E-state index in [0.717, 1.165) is 38.5 Å². The summed E-state index contributed by atoms with van der Waals surface area (Å²) in [6.45, 7) is 1.96. The van der Waals surface area contributed by atoms with Crippen molar-refractivity contribution in [1.82, 2.24) is 29.8 Å². The molecule has 7 aliphatic rings. The summed E-state index contributed by atoms with van der Waals surface area (Å²) in [6.07, 6.45) is 3.80. The average molecular weight is 772 g/mol. The first-order chi connectivity index (χ1) is 26.4. The lowest BCUT2D eigenvalue weighted by Crippen LogP contribution is -2.63. The normalized spacial score (nSPS) is 26.7.